The molecule has 3 fully saturated rings. The first-order valence-electron chi connectivity index (χ1n) is 15.7. The van der Waals surface area contributed by atoms with E-state index in [9.17, 15) is 32.0 Å². The highest BCUT2D eigenvalue weighted by atomic mass is 19.4. The Hall–Kier alpha value is -4.10. The van der Waals surface area contributed by atoms with Gasteiger partial charge in [0.05, 0.1) is 53.7 Å². The minimum atomic E-state index is -4.90. The average Bonchev–Trinajstić information content (AvgIpc) is 3.55. The number of alkyl halides is 4. The smallest absolute Gasteiger partial charge is 0.417 e. The highest BCUT2D eigenvalue weighted by Crippen LogP contribution is 2.45. The maximum absolute atomic E-state index is 15.4. The van der Waals surface area contributed by atoms with E-state index < -0.39 is 64.4 Å². The monoisotopic (exact) mass is 679 g/mol. The molecule has 4 atom stereocenters. The summed E-state index contributed by atoms with van der Waals surface area (Å²) in [5, 5.41) is 9.46. The van der Waals surface area contributed by atoms with Crippen molar-refractivity contribution in [2.24, 2.45) is 0 Å². The molecule has 4 aliphatic heterocycles. The second kappa shape index (κ2) is 12.7. The van der Waals surface area contributed by atoms with Gasteiger partial charge in [-0.15, -0.1) is 0 Å². The summed E-state index contributed by atoms with van der Waals surface area (Å²) in [6.07, 6.45) is -5.87. The number of piperazine rings is 1. The van der Waals surface area contributed by atoms with Crippen LogP contribution in [0.2, 0.25) is 0 Å². The van der Waals surface area contributed by atoms with Crippen molar-refractivity contribution < 1.29 is 40.6 Å². The van der Waals surface area contributed by atoms with Gasteiger partial charge in [-0.05, 0) is 37.9 Å². The van der Waals surface area contributed by atoms with Gasteiger partial charge in [-0.2, -0.15) is 28.4 Å². The zero-order valence-electron chi connectivity index (χ0n) is 26.3. The molecule has 16 heteroatoms. The van der Waals surface area contributed by atoms with Crippen molar-refractivity contribution in [3.8, 4) is 12.1 Å². The van der Waals surface area contributed by atoms with E-state index in [4.69, 9.17) is 15.2 Å². The number of nitriles is 1. The molecule has 2 N–H and O–H groups in total. The Kier molecular flexibility index (Phi) is 8.97. The van der Waals surface area contributed by atoms with Crippen LogP contribution in [0.3, 0.4) is 0 Å². The number of rotatable bonds is 7. The standard InChI is InChI=1S/C32H35F6N7O3/c1-17-10-22(40)27(35)25(26(17)32(36,37)38)24-11-23-21(15-47-24)28(43-8-9-45(29(46)18(2)33)20(14-43)4-6-39)42-30(41-23)48-16-31-5-3-7-44(31)13-19(34)12-31/h10,19-20,24H,2-5,7-9,11-16,40H2,1H3/t19-,20+,24-,31+/m1/s1. The molecular weight excluding hydrogens is 644 g/mol. The number of ether oxygens (including phenoxy) is 2. The fourth-order valence-corrected chi connectivity index (χ4v) is 7.67. The van der Waals surface area contributed by atoms with Gasteiger partial charge in [0, 0.05) is 50.1 Å². The lowest BCUT2D eigenvalue weighted by atomic mass is 9.91. The van der Waals surface area contributed by atoms with Gasteiger partial charge >= 0.3 is 12.2 Å². The van der Waals surface area contributed by atoms with Gasteiger partial charge in [0.25, 0.3) is 5.91 Å². The van der Waals surface area contributed by atoms with E-state index in [1.165, 1.54) is 11.8 Å². The molecule has 1 aromatic heterocycles. The van der Waals surface area contributed by atoms with Gasteiger partial charge in [0.2, 0.25) is 0 Å². The predicted molar refractivity (Wildman–Crippen MR) is 161 cm³/mol. The predicted octanol–water partition coefficient (Wildman–Crippen LogP) is 4.71. The van der Waals surface area contributed by atoms with E-state index in [-0.39, 0.29) is 69.4 Å². The number of hydrogen-bond donors (Lipinski definition) is 1. The van der Waals surface area contributed by atoms with Crippen molar-refractivity contribution in [3.63, 3.8) is 0 Å². The fraction of sp³-hybridized carbons (Fsp3) is 0.562. The molecule has 1 aromatic carbocycles. The molecular formula is C32H35F6N7O3. The molecule has 48 heavy (non-hydrogen) atoms. The molecule has 10 nitrogen and oxygen atoms in total. The summed E-state index contributed by atoms with van der Waals surface area (Å²) in [6, 6.07) is 2.10. The first-order valence-corrected chi connectivity index (χ1v) is 15.7. The van der Waals surface area contributed by atoms with Crippen molar-refractivity contribution in [1.29, 1.82) is 5.26 Å². The Balaban J connectivity index is 1.38. The molecule has 5 heterocycles. The second-order valence-electron chi connectivity index (χ2n) is 12.9. The third kappa shape index (κ3) is 6.13. The number of fused-ring (bicyclic) bond motifs is 2. The first-order chi connectivity index (χ1) is 22.7. The van der Waals surface area contributed by atoms with Gasteiger partial charge in [0.15, 0.2) is 11.6 Å². The van der Waals surface area contributed by atoms with Crippen molar-refractivity contribution in [2.75, 3.05) is 50.0 Å². The number of benzene rings is 1. The van der Waals surface area contributed by atoms with Gasteiger partial charge in [-0.3, -0.25) is 9.69 Å². The van der Waals surface area contributed by atoms with Crippen LogP contribution < -0.4 is 15.4 Å². The van der Waals surface area contributed by atoms with Crippen LogP contribution in [0.1, 0.15) is 59.7 Å². The number of nitrogens with zero attached hydrogens (tertiary/aromatic N) is 6. The third-order valence-electron chi connectivity index (χ3n) is 9.82. The first kappa shape index (κ1) is 33.8. The summed E-state index contributed by atoms with van der Waals surface area (Å²) in [4.78, 5) is 26.7. The molecule has 0 saturated carbocycles. The number of amides is 1. The summed E-state index contributed by atoms with van der Waals surface area (Å²) in [5.41, 5.74) is 3.26. The van der Waals surface area contributed by atoms with Gasteiger partial charge < -0.3 is 25.0 Å². The van der Waals surface area contributed by atoms with Crippen LogP contribution in [-0.2, 0) is 28.7 Å². The van der Waals surface area contributed by atoms with Crippen LogP contribution in [0.5, 0.6) is 6.01 Å². The average molecular weight is 680 g/mol. The molecule has 0 radical (unpaired) electrons. The van der Waals surface area contributed by atoms with Crippen LogP contribution >= 0.6 is 0 Å². The number of nitrogen functional groups attached to an aromatic ring is 1. The number of carbonyl (C=O) groups is 1. The van der Waals surface area contributed by atoms with Crippen LogP contribution in [0.25, 0.3) is 0 Å². The Labute approximate surface area is 273 Å². The molecule has 0 bridgehead atoms. The Morgan fingerprint density at radius 1 is 1.27 bits per heavy atom. The normalized spacial score (nSPS) is 25.8. The summed E-state index contributed by atoms with van der Waals surface area (Å²) in [5.74, 6) is -3.04. The molecule has 258 valence electrons. The summed E-state index contributed by atoms with van der Waals surface area (Å²) >= 11 is 0. The molecule has 6 rings (SSSR count). The van der Waals surface area contributed by atoms with E-state index >= 15 is 4.39 Å². The molecule has 0 spiro atoms. The van der Waals surface area contributed by atoms with Gasteiger partial charge in [0.1, 0.15) is 18.6 Å². The lowest BCUT2D eigenvalue weighted by Gasteiger charge is -2.42. The molecule has 2 aromatic rings. The van der Waals surface area contributed by atoms with Crippen molar-refractivity contribution in [3.05, 3.63) is 52.2 Å². The molecule has 1 amide bonds. The molecule has 0 aliphatic carbocycles. The Morgan fingerprint density at radius 3 is 2.75 bits per heavy atom. The number of carbonyl (C=O) groups excluding carboxylic acids is 1. The van der Waals surface area contributed by atoms with E-state index in [0.29, 0.717) is 24.3 Å². The summed E-state index contributed by atoms with van der Waals surface area (Å²) < 4.78 is 98.4. The maximum Gasteiger partial charge on any atom is 0.417 e. The zero-order chi connectivity index (χ0) is 34.5. The summed E-state index contributed by atoms with van der Waals surface area (Å²) in [7, 11) is 0. The van der Waals surface area contributed by atoms with Crippen LogP contribution in [0.4, 0.5) is 37.8 Å². The molecule has 4 aliphatic rings. The Morgan fingerprint density at radius 2 is 2.04 bits per heavy atom. The largest absolute Gasteiger partial charge is 0.461 e. The lowest BCUT2D eigenvalue weighted by Crippen LogP contribution is -2.55. The number of hydrogen-bond acceptors (Lipinski definition) is 9. The van der Waals surface area contributed by atoms with E-state index in [1.807, 2.05) is 11.0 Å². The summed E-state index contributed by atoms with van der Waals surface area (Å²) in [6.45, 7) is 5.29. The van der Waals surface area contributed by atoms with Crippen molar-refractivity contribution in [2.45, 2.75) is 75.7 Å². The van der Waals surface area contributed by atoms with Crippen molar-refractivity contribution in [1.82, 2.24) is 19.8 Å². The highest BCUT2D eigenvalue weighted by Gasteiger charge is 2.49. The number of aryl methyl sites for hydroxylation is 1. The quantitative estimate of drug-likeness (QED) is 0.252. The van der Waals surface area contributed by atoms with Crippen molar-refractivity contribution >= 4 is 17.4 Å². The number of anilines is 2. The van der Waals surface area contributed by atoms with Crippen LogP contribution in [0, 0.1) is 24.1 Å². The maximum atomic E-state index is 15.4. The second-order valence-corrected chi connectivity index (χ2v) is 12.9. The zero-order valence-corrected chi connectivity index (χ0v) is 26.3. The minimum Gasteiger partial charge on any atom is -0.461 e. The molecule has 0 unspecified atom stereocenters. The fourth-order valence-electron chi connectivity index (χ4n) is 7.67. The Bertz CT molecular complexity index is 1670. The number of nitrogens with two attached hydrogens (primary N) is 1. The topological polar surface area (TPSA) is 121 Å². The number of aromatic nitrogens is 2. The SMILES string of the molecule is C=C(F)C(=O)N1CCN(c2nc(OC[C@@]34CCCN3C[C@H](F)C4)nc3c2CO[C@@H](c2c(F)c(N)cc(C)c2C(F)(F)F)C3)C[C@@H]1CC#N. The highest BCUT2D eigenvalue weighted by molar-refractivity contribution is 5.91. The van der Waals surface area contributed by atoms with Crippen LogP contribution in [-0.4, -0.2) is 82.8 Å². The number of halogens is 6. The lowest BCUT2D eigenvalue weighted by molar-refractivity contribution is -0.140. The van der Waals surface area contributed by atoms with Gasteiger partial charge in [-0.1, -0.05) is 6.58 Å². The van der Waals surface area contributed by atoms with Gasteiger partial charge in [-0.25, -0.2) is 13.2 Å². The van der Waals surface area contributed by atoms with E-state index in [2.05, 4.69) is 16.5 Å². The third-order valence-corrected chi connectivity index (χ3v) is 9.82. The van der Waals surface area contributed by atoms with Crippen LogP contribution in [0.15, 0.2) is 18.5 Å². The van der Waals surface area contributed by atoms with E-state index in [0.717, 1.165) is 19.0 Å². The minimum absolute atomic E-state index is 0.0191. The van der Waals surface area contributed by atoms with E-state index in [1.54, 1.807) is 4.90 Å². The molecule has 3 saturated heterocycles.